The van der Waals surface area contributed by atoms with Crippen LogP contribution in [0.1, 0.15) is 17.2 Å². The molecule has 2 N–H and O–H groups in total. The van der Waals surface area contributed by atoms with Gasteiger partial charge >= 0.3 is 0 Å². The van der Waals surface area contributed by atoms with Crippen molar-refractivity contribution in [1.82, 2.24) is 0 Å². The van der Waals surface area contributed by atoms with Crippen molar-refractivity contribution in [3.8, 4) is 0 Å². The second-order valence-corrected chi connectivity index (χ2v) is 6.26. The van der Waals surface area contributed by atoms with Crippen molar-refractivity contribution in [2.45, 2.75) is 12.5 Å². The third kappa shape index (κ3) is 3.52. The Bertz CT molecular complexity index is 542. The van der Waals surface area contributed by atoms with Crippen LogP contribution in [0.25, 0.3) is 0 Å². The molecule has 0 saturated heterocycles. The molecule has 2 rings (SSSR count). The van der Waals surface area contributed by atoms with Crippen molar-refractivity contribution in [2.75, 3.05) is 0 Å². The minimum atomic E-state index is -0.331. The summed E-state index contributed by atoms with van der Waals surface area (Å²) >= 11 is 5.59. The van der Waals surface area contributed by atoms with Crippen LogP contribution in [0.2, 0.25) is 0 Å². The Hall–Kier alpha value is -0.460. The summed E-state index contributed by atoms with van der Waals surface area (Å²) in [6.07, 6.45) is 0.629. The first kappa shape index (κ1) is 14.0. The number of hydrogen-bond donors (Lipinski definition) is 1. The lowest BCUT2D eigenvalue weighted by molar-refractivity contribution is 0.580. The molecule has 4 heteroatoms. The summed E-state index contributed by atoms with van der Waals surface area (Å²) in [4.78, 5) is 0. The third-order valence-electron chi connectivity index (χ3n) is 2.73. The molecule has 1 nitrogen and oxygen atoms in total. The fourth-order valence-corrected chi connectivity index (χ4v) is 2.52. The van der Waals surface area contributed by atoms with Gasteiger partial charge in [0, 0.05) is 19.6 Å². The lowest BCUT2D eigenvalue weighted by atomic mass is 9.99. The molecule has 0 aromatic heterocycles. The molecule has 0 saturated carbocycles. The average molecular weight is 420 g/mol. The Morgan fingerprint density at radius 1 is 1.17 bits per heavy atom. The van der Waals surface area contributed by atoms with Crippen molar-refractivity contribution in [3.63, 3.8) is 0 Å². The number of halogens is 3. The minimum Gasteiger partial charge on any atom is -0.324 e. The SMILES string of the molecule is NC(Cc1ccc(I)cc1)c1cc(Br)ccc1F. The molecule has 0 aliphatic carbocycles. The van der Waals surface area contributed by atoms with E-state index in [2.05, 4.69) is 38.5 Å². The van der Waals surface area contributed by atoms with Crippen LogP contribution in [0.3, 0.4) is 0 Å². The van der Waals surface area contributed by atoms with Crippen LogP contribution >= 0.6 is 38.5 Å². The maximum atomic E-state index is 13.7. The highest BCUT2D eigenvalue weighted by atomic mass is 127. The van der Waals surface area contributed by atoms with Gasteiger partial charge in [-0.2, -0.15) is 0 Å². The summed E-state index contributed by atoms with van der Waals surface area (Å²) in [6.45, 7) is 0. The molecule has 2 aromatic rings. The Labute approximate surface area is 128 Å². The first-order chi connectivity index (χ1) is 8.56. The van der Waals surface area contributed by atoms with E-state index in [4.69, 9.17) is 5.73 Å². The summed E-state index contributed by atoms with van der Waals surface area (Å²) in [5.41, 5.74) is 7.73. The molecule has 0 bridgehead atoms. The molecule has 0 aliphatic rings. The molecule has 2 aromatic carbocycles. The Balaban J connectivity index is 2.18. The van der Waals surface area contributed by atoms with Crippen molar-refractivity contribution < 1.29 is 4.39 Å². The molecular formula is C14H12BrFIN. The summed E-state index contributed by atoms with van der Waals surface area (Å²) < 4.78 is 15.7. The van der Waals surface area contributed by atoms with Gasteiger partial charge in [0.05, 0.1) is 0 Å². The molecule has 18 heavy (non-hydrogen) atoms. The molecule has 0 aliphatic heterocycles. The van der Waals surface area contributed by atoms with Crippen molar-refractivity contribution >= 4 is 38.5 Å². The van der Waals surface area contributed by atoms with Crippen molar-refractivity contribution in [2.24, 2.45) is 5.73 Å². The predicted octanol–water partition coefficient (Wildman–Crippen LogP) is 4.44. The first-order valence-corrected chi connectivity index (χ1v) is 7.38. The maximum absolute atomic E-state index is 13.7. The van der Waals surface area contributed by atoms with E-state index in [1.165, 1.54) is 9.64 Å². The zero-order valence-corrected chi connectivity index (χ0v) is 13.3. The lowest BCUT2D eigenvalue weighted by Crippen LogP contribution is -2.15. The fourth-order valence-electron chi connectivity index (χ4n) is 1.78. The predicted molar refractivity (Wildman–Crippen MR) is 83.9 cm³/mol. The molecule has 0 radical (unpaired) electrons. The van der Waals surface area contributed by atoms with Crippen molar-refractivity contribution in [3.05, 3.63) is 67.5 Å². The van der Waals surface area contributed by atoms with Gasteiger partial charge in [-0.1, -0.05) is 28.1 Å². The normalized spacial score (nSPS) is 12.4. The van der Waals surface area contributed by atoms with Gasteiger partial charge in [-0.3, -0.25) is 0 Å². The van der Waals surface area contributed by atoms with Crippen LogP contribution in [0, 0.1) is 9.39 Å². The molecule has 1 atom stereocenters. The van der Waals surface area contributed by atoms with Gasteiger partial charge in [0.2, 0.25) is 0 Å². The summed E-state index contributed by atoms with van der Waals surface area (Å²) in [6, 6.07) is 12.6. The molecular weight excluding hydrogens is 408 g/mol. The minimum absolute atomic E-state index is 0.254. The Kier molecular flexibility index (Phi) is 4.75. The van der Waals surface area contributed by atoms with Crippen LogP contribution in [0.15, 0.2) is 46.9 Å². The zero-order chi connectivity index (χ0) is 13.1. The monoisotopic (exact) mass is 419 g/mol. The molecule has 0 heterocycles. The van der Waals surface area contributed by atoms with E-state index in [0.29, 0.717) is 12.0 Å². The number of rotatable bonds is 3. The van der Waals surface area contributed by atoms with E-state index in [1.54, 1.807) is 12.1 Å². The zero-order valence-electron chi connectivity index (χ0n) is 9.54. The van der Waals surface area contributed by atoms with E-state index < -0.39 is 0 Å². The topological polar surface area (TPSA) is 26.0 Å². The smallest absolute Gasteiger partial charge is 0.128 e. The first-order valence-electron chi connectivity index (χ1n) is 5.51. The van der Waals surface area contributed by atoms with Gasteiger partial charge in [0.1, 0.15) is 5.82 Å². The average Bonchev–Trinajstić information content (AvgIpc) is 2.35. The van der Waals surface area contributed by atoms with Gasteiger partial charge in [0.25, 0.3) is 0 Å². The van der Waals surface area contributed by atoms with Gasteiger partial charge < -0.3 is 5.73 Å². The molecule has 0 spiro atoms. The molecule has 1 unspecified atom stereocenters. The highest BCUT2D eigenvalue weighted by Gasteiger charge is 2.12. The summed E-state index contributed by atoms with van der Waals surface area (Å²) in [5, 5.41) is 0. The molecule has 0 amide bonds. The maximum Gasteiger partial charge on any atom is 0.128 e. The largest absolute Gasteiger partial charge is 0.324 e. The van der Waals surface area contributed by atoms with E-state index >= 15 is 0 Å². The summed E-state index contributed by atoms with van der Waals surface area (Å²) in [7, 11) is 0. The highest BCUT2D eigenvalue weighted by molar-refractivity contribution is 14.1. The second kappa shape index (κ2) is 6.12. The van der Waals surface area contributed by atoms with E-state index in [1.807, 2.05) is 24.3 Å². The quantitative estimate of drug-likeness (QED) is 0.731. The van der Waals surface area contributed by atoms with E-state index in [9.17, 15) is 4.39 Å². The highest BCUT2D eigenvalue weighted by Crippen LogP contribution is 2.23. The Morgan fingerprint density at radius 2 is 1.83 bits per heavy atom. The molecule has 0 fully saturated rings. The number of benzene rings is 2. The van der Waals surface area contributed by atoms with Crippen LogP contribution in [0.5, 0.6) is 0 Å². The van der Waals surface area contributed by atoms with E-state index in [0.717, 1.165) is 10.0 Å². The van der Waals surface area contributed by atoms with E-state index in [-0.39, 0.29) is 11.9 Å². The van der Waals surface area contributed by atoms with Gasteiger partial charge in [-0.15, -0.1) is 0 Å². The third-order valence-corrected chi connectivity index (χ3v) is 3.94. The van der Waals surface area contributed by atoms with Gasteiger partial charge in [0.15, 0.2) is 0 Å². The number of hydrogen-bond acceptors (Lipinski definition) is 1. The lowest BCUT2D eigenvalue weighted by Gasteiger charge is -2.13. The molecule has 94 valence electrons. The van der Waals surface area contributed by atoms with Gasteiger partial charge in [-0.05, 0) is 64.9 Å². The van der Waals surface area contributed by atoms with Gasteiger partial charge in [-0.25, -0.2) is 4.39 Å². The van der Waals surface area contributed by atoms with Crippen LogP contribution in [0.4, 0.5) is 4.39 Å². The second-order valence-electron chi connectivity index (χ2n) is 4.10. The van der Waals surface area contributed by atoms with Crippen LogP contribution < -0.4 is 5.73 Å². The standard InChI is InChI=1S/C14H12BrFIN/c15-10-3-6-13(16)12(8-10)14(18)7-9-1-4-11(17)5-2-9/h1-6,8,14H,7,18H2. The van der Waals surface area contributed by atoms with Crippen LogP contribution in [-0.4, -0.2) is 0 Å². The Morgan fingerprint density at radius 3 is 2.50 bits per heavy atom. The van der Waals surface area contributed by atoms with Crippen LogP contribution in [-0.2, 0) is 6.42 Å². The summed E-state index contributed by atoms with van der Waals surface area (Å²) in [5.74, 6) is -0.254. The number of nitrogens with two attached hydrogens (primary N) is 1. The fraction of sp³-hybridized carbons (Fsp3) is 0.143. The van der Waals surface area contributed by atoms with Crippen molar-refractivity contribution in [1.29, 1.82) is 0 Å².